The van der Waals surface area contributed by atoms with E-state index in [1.807, 2.05) is 44.2 Å². The molecular formula is C13H17Cl3N2O. The Morgan fingerprint density at radius 1 is 1.21 bits per heavy atom. The normalized spacial score (nSPS) is 13.2. The van der Waals surface area contributed by atoms with Gasteiger partial charge >= 0.3 is 0 Å². The topological polar surface area (TPSA) is 41.1 Å². The van der Waals surface area contributed by atoms with Crippen molar-refractivity contribution in [1.29, 1.82) is 0 Å². The van der Waals surface area contributed by atoms with Crippen LogP contribution in [0, 0.1) is 5.92 Å². The molecule has 0 bridgehead atoms. The van der Waals surface area contributed by atoms with Gasteiger partial charge in [-0.15, -0.1) is 0 Å². The molecule has 0 unspecified atom stereocenters. The highest BCUT2D eigenvalue weighted by Crippen LogP contribution is 2.31. The first-order valence-electron chi connectivity index (χ1n) is 5.96. The predicted octanol–water partition coefficient (Wildman–Crippen LogP) is 3.96. The molecule has 1 aromatic carbocycles. The van der Waals surface area contributed by atoms with E-state index in [4.69, 9.17) is 34.8 Å². The van der Waals surface area contributed by atoms with E-state index in [9.17, 15) is 4.79 Å². The molecule has 3 nitrogen and oxygen atoms in total. The van der Waals surface area contributed by atoms with Gasteiger partial charge in [-0.3, -0.25) is 4.79 Å². The summed E-state index contributed by atoms with van der Waals surface area (Å²) in [6, 6.07) is 9.25. The first-order valence-corrected chi connectivity index (χ1v) is 7.10. The van der Waals surface area contributed by atoms with Crippen LogP contribution in [0.4, 0.5) is 5.69 Å². The van der Waals surface area contributed by atoms with E-state index in [-0.39, 0.29) is 11.8 Å². The molecule has 1 rings (SSSR count). The highest BCUT2D eigenvalue weighted by molar-refractivity contribution is 6.68. The number of hydrogen-bond acceptors (Lipinski definition) is 2. The summed E-state index contributed by atoms with van der Waals surface area (Å²) in [4.78, 5) is 11.8. The highest BCUT2D eigenvalue weighted by atomic mass is 35.6. The van der Waals surface area contributed by atoms with Gasteiger partial charge in [-0.2, -0.15) is 0 Å². The second-order valence-corrected chi connectivity index (χ2v) is 7.02. The fourth-order valence-electron chi connectivity index (χ4n) is 1.49. The van der Waals surface area contributed by atoms with Crippen LogP contribution in [0.1, 0.15) is 20.3 Å². The van der Waals surface area contributed by atoms with Crippen molar-refractivity contribution in [3.8, 4) is 0 Å². The van der Waals surface area contributed by atoms with E-state index < -0.39 is 9.96 Å². The maximum absolute atomic E-state index is 11.8. The van der Waals surface area contributed by atoms with E-state index >= 15 is 0 Å². The van der Waals surface area contributed by atoms with Gasteiger partial charge in [-0.25, -0.2) is 0 Å². The van der Waals surface area contributed by atoms with Crippen LogP contribution in [0.2, 0.25) is 0 Å². The van der Waals surface area contributed by atoms with Gasteiger partial charge in [0.15, 0.2) is 0 Å². The number of benzene rings is 1. The number of nitrogens with one attached hydrogen (secondary N) is 2. The molecule has 19 heavy (non-hydrogen) atoms. The van der Waals surface area contributed by atoms with Gasteiger partial charge < -0.3 is 10.6 Å². The van der Waals surface area contributed by atoms with Crippen molar-refractivity contribution in [2.45, 2.75) is 30.2 Å². The lowest BCUT2D eigenvalue weighted by atomic mass is 10.1. The summed E-state index contributed by atoms with van der Waals surface area (Å²) in [6.45, 7) is 3.91. The quantitative estimate of drug-likeness (QED) is 0.636. The van der Waals surface area contributed by atoms with E-state index in [2.05, 4.69) is 10.6 Å². The van der Waals surface area contributed by atoms with Crippen LogP contribution in [0.25, 0.3) is 0 Å². The Labute approximate surface area is 128 Å². The molecule has 0 fully saturated rings. The molecule has 0 saturated heterocycles. The molecule has 1 atom stereocenters. The lowest BCUT2D eigenvalue weighted by Gasteiger charge is -2.27. The molecule has 106 valence electrons. The summed E-state index contributed by atoms with van der Waals surface area (Å²) in [5.41, 5.74) is 0.767. The van der Waals surface area contributed by atoms with Crippen LogP contribution >= 0.6 is 34.8 Å². The summed E-state index contributed by atoms with van der Waals surface area (Å²) in [7, 11) is 0. The highest BCUT2D eigenvalue weighted by Gasteiger charge is 2.34. The smallest absolute Gasteiger partial charge is 0.228 e. The van der Waals surface area contributed by atoms with Crippen LogP contribution in [-0.2, 0) is 4.79 Å². The van der Waals surface area contributed by atoms with Gasteiger partial charge in [0.25, 0.3) is 0 Å². The van der Waals surface area contributed by atoms with Crippen LogP contribution in [0.15, 0.2) is 30.3 Å². The lowest BCUT2D eigenvalue weighted by molar-refractivity contribution is -0.122. The Morgan fingerprint density at radius 3 is 2.26 bits per heavy atom. The van der Waals surface area contributed by atoms with E-state index in [0.717, 1.165) is 5.69 Å². The van der Waals surface area contributed by atoms with E-state index in [1.54, 1.807) is 0 Å². The van der Waals surface area contributed by atoms with Gasteiger partial charge in [0.2, 0.25) is 9.70 Å². The second-order valence-electron chi connectivity index (χ2n) is 4.65. The summed E-state index contributed by atoms with van der Waals surface area (Å²) >= 11 is 17.7. The lowest BCUT2D eigenvalue weighted by Crippen LogP contribution is -2.49. The Kier molecular flexibility index (Phi) is 6.24. The van der Waals surface area contributed by atoms with Crippen molar-refractivity contribution in [3.05, 3.63) is 30.3 Å². The van der Waals surface area contributed by atoms with Gasteiger partial charge in [0.1, 0.15) is 6.17 Å². The number of amides is 1. The van der Waals surface area contributed by atoms with Crippen molar-refractivity contribution < 1.29 is 4.79 Å². The van der Waals surface area contributed by atoms with Crippen molar-refractivity contribution in [3.63, 3.8) is 0 Å². The fraction of sp³-hybridized carbons (Fsp3) is 0.462. The zero-order chi connectivity index (χ0) is 14.5. The SMILES string of the molecule is CC(C)CC(=O)N[C@@H](Nc1ccccc1)C(Cl)(Cl)Cl. The molecule has 1 aromatic rings. The number of anilines is 1. The average Bonchev–Trinajstić information content (AvgIpc) is 2.27. The molecule has 0 heterocycles. The minimum Gasteiger partial charge on any atom is -0.362 e. The number of para-hydroxylation sites is 1. The van der Waals surface area contributed by atoms with Gasteiger partial charge in [-0.1, -0.05) is 66.8 Å². The number of hydrogen-bond donors (Lipinski definition) is 2. The van der Waals surface area contributed by atoms with Gasteiger partial charge in [-0.05, 0) is 18.1 Å². The molecule has 0 saturated carbocycles. The molecule has 0 aliphatic heterocycles. The van der Waals surface area contributed by atoms with E-state index in [1.165, 1.54) is 0 Å². The van der Waals surface area contributed by atoms with Crippen LogP contribution in [-0.4, -0.2) is 15.9 Å². The average molecular weight is 324 g/mol. The third kappa shape index (κ3) is 6.37. The largest absolute Gasteiger partial charge is 0.362 e. The number of halogens is 3. The molecular weight excluding hydrogens is 307 g/mol. The van der Waals surface area contributed by atoms with Gasteiger partial charge in [0.05, 0.1) is 0 Å². The van der Waals surface area contributed by atoms with Crippen molar-refractivity contribution >= 4 is 46.4 Å². The maximum Gasteiger partial charge on any atom is 0.228 e. The third-order valence-corrected chi connectivity index (χ3v) is 2.97. The summed E-state index contributed by atoms with van der Waals surface area (Å²) < 4.78 is -1.64. The standard InChI is InChI=1S/C13H17Cl3N2O/c1-9(2)8-11(19)18-12(13(14,15)16)17-10-6-4-3-5-7-10/h3-7,9,12,17H,8H2,1-2H3,(H,18,19)/t12-/m1/s1. The third-order valence-electron chi connectivity index (χ3n) is 2.31. The summed E-state index contributed by atoms with van der Waals surface area (Å²) in [5.74, 6) is 0.0857. The maximum atomic E-state index is 11.8. The zero-order valence-electron chi connectivity index (χ0n) is 10.8. The monoisotopic (exact) mass is 322 g/mol. The molecule has 6 heteroatoms. The first kappa shape index (κ1) is 16.4. The predicted molar refractivity (Wildman–Crippen MR) is 81.7 cm³/mol. The van der Waals surface area contributed by atoms with Crippen molar-refractivity contribution in [1.82, 2.24) is 5.32 Å². The minimum atomic E-state index is -1.64. The van der Waals surface area contributed by atoms with Crippen LogP contribution < -0.4 is 10.6 Å². The van der Waals surface area contributed by atoms with Crippen LogP contribution in [0.3, 0.4) is 0 Å². The second kappa shape index (κ2) is 7.22. The molecule has 0 aliphatic rings. The molecule has 0 spiro atoms. The van der Waals surface area contributed by atoms with Crippen LogP contribution in [0.5, 0.6) is 0 Å². The number of rotatable bonds is 5. The number of carbonyl (C=O) groups excluding carboxylic acids is 1. The summed E-state index contributed by atoms with van der Waals surface area (Å²) in [6.07, 6.45) is -0.403. The first-order chi connectivity index (χ1) is 8.79. The number of carbonyl (C=O) groups is 1. The molecule has 0 aromatic heterocycles. The van der Waals surface area contributed by atoms with E-state index in [0.29, 0.717) is 6.42 Å². The molecule has 0 aliphatic carbocycles. The Balaban J connectivity index is 2.71. The molecule has 2 N–H and O–H groups in total. The van der Waals surface area contributed by atoms with Gasteiger partial charge in [0, 0.05) is 12.1 Å². The Bertz CT molecular complexity index is 404. The summed E-state index contributed by atoms with van der Waals surface area (Å²) in [5, 5.41) is 5.69. The Hall–Kier alpha value is -0.640. The van der Waals surface area contributed by atoms with Crippen molar-refractivity contribution in [2.75, 3.05) is 5.32 Å². The molecule has 0 radical (unpaired) electrons. The zero-order valence-corrected chi connectivity index (χ0v) is 13.1. The van der Waals surface area contributed by atoms with Crippen molar-refractivity contribution in [2.24, 2.45) is 5.92 Å². The Morgan fingerprint density at radius 2 is 1.79 bits per heavy atom. The molecule has 1 amide bonds. The fourth-order valence-corrected chi connectivity index (χ4v) is 1.82. The number of alkyl halides is 3. The minimum absolute atomic E-state index is 0.158.